The molecule has 1 aliphatic rings. The predicted molar refractivity (Wildman–Crippen MR) is 77.3 cm³/mol. The molecule has 1 aliphatic heterocycles. The third-order valence-electron chi connectivity index (χ3n) is 3.76. The van der Waals surface area contributed by atoms with Gasteiger partial charge in [0.15, 0.2) is 5.82 Å². The lowest BCUT2D eigenvalue weighted by molar-refractivity contribution is 0.134. The van der Waals surface area contributed by atoms with Crippen molar-refractivity contribution >= 4 is 10.0 Å². The highest BCUT2D eigenvalue weighted by molar-refractivity contribution is 7.89. The molecule has 0 radical (unpaired) electrons. The number of hydrogen-bond donors (Lipinski definition) is 0. The molecule has 1 aromatic rings. The van der Waals surface area contributed by atoms with Gasteiger partial charge in [-0.25, -0.2) is 12.7 Å². The molecule has 0 unspecified atom stereocenters. The van der Waals surface area contributed by atoms with Crippen LogP contribution in [-0.4, -0.2) is 54.9 Å². The van der Waals surface area contributed by atoms with Crippen LogP contribution in [0.2, 0.25) is 0 Å². The molecule has 2 heterocycles. The zero-order valence-corrected chi connectivity index (χ0v) is 13.6. The monoisotopic (exact) mass is 317 g/mol. The van der Waals surface area contributed by atoms with E-state index in [1.807, 2.05) is 0 Å². The van der Waals surface area contributed by atoms with Gasteiger partial charge in [0.2, 0.25) is 15.9 Å². The van der Waals surface area contributed by atoms with E-state index < -0.39 is 10.0 Å². The largest absolute Gasteiger partial charge is 0.381 e. The van der Waals surface area contributed by atoms with E-state index in [9.17, 15) is 8.42 Å². The highest BCUT2D eigenvalue weighted by Gasteiger charge is 2.30. The van der Waals surface area contributed by atoms with E-state index in [4.69, 9.17) is 9.26 Å². The molecule has 1 fully saturated rings. The minimum atomic E-state index is -3.27. The van der Waals surface area contributed by atoms with Crippen LogP contribution in [0.3, 0.4) is 0 Å². The average molecular weight is 317 g/mol. The van der Waals surface area contributed by atoms with Crippen molar-refractivity contribution in [1.82, 2.24) is 14.4 Å². The topological polar surface area (TPSA) is 85.5 Å². The molecule has 21 heavy (non-hydrogen) atoms. The number of aryl methyl sites for hydroxylation is 1. The summed E-state index contributed by atoms with van der Waals surface area (Å²) in [7, 11) is -1.75. The van der Waals surface area contributed by atoms with Gasteiger partial charge in [0, 0.05) is 33.5 Å². The van der Waals surface area contributed by atoms with Crippen molar-refractivity contribution in [1.29, 1.82) is 0 Å². The van der Waals surface area contributed by atoms with Crippen molar-refractivity contribution < 1.29 is 17.7 Å². The molecule has 0 saturated carbocycles. The fourth-order valence-corrected chi connectivity index (χ4v) is 4.38. The number of sulfonamides is 1. The second-order valence-corrected chi connectivity index (χ2v) is 7.64. The first-order valence-electron chi connectivity index (χ1n) is 7.20. The van der Waals surface area contributed by atoms with E-state index >= 15 is 0 Å². The normalized spacial score (nSPS) is 22.3. The zero-order valence-electron chi connectivity index (χ0n) is 12.8. The predicted octanol–water partition coefficient (Wildman–Crippen LogP) is 0.997. The molecular weight excluding hydrogens is 294 g/mol. The number of hydrogen-bond acceptors (Lipinski definition) is 6. The van der Waals surface area contributed by atoms with Crippen molar-refractivity contribution in [2.24, 2.45) is 5.92 Å². The van der Waals surface area contributed by atoms with Crippen molar-refractivity contribution in [3.05, 3.63) is 11.7 Å². The standard InChI is InChI=1S/C13H23N3O4S/c1-10(19-3)9-21(17,18)16-6-4-5-12(8-16)7-13-14-11(2)20-15-13/h10,12H,4-9H2,1-3H3/t10-,12+/m0/s1. The second-order valence-electron chi connectivity index (χ2n) is 5.62. The highest BCUT2D eigenvalue weighted by atomic mass is 32.2. The van der Waals surface area contributed by atoms with E-state index in [0.717, 1.165) is 12.8 Å². The molecule has 1 saturated heterocycles. The summed E-state index contributed by atoms with van der Waals surface area (Å²) >= 11 is 0. The van der Waals surface area contributed by atoms with Gasteiger partial charge in [0.25, 0.3) is 0 Å². The van der Waals surface area contributed by atoms with Crippen LogP contribution in [0.1, 0.15) is 31.5 Å². The Kier molecular flexibility index (Phi) is 5.34. The Hall–Kier alpha value is -0.990. The maximum atomic E-state index is 12.4. The van der Waals surface area contributed by atoms with Crippen LogP contribution >= 0.6 is 0 Å². The SMILES string of the molecule is CO[C@@H](C)CS(=O)(=O)N1CCC[C@H](Cc2noc(C)n2)C1. The summed E-state index contributed by atoms with van der Waals surface area (Å²) in [5.74, 6) is 1.46. The van der Waals surface area contributed by atoms with E-state index in [2.05, 4.69) is 10.1 Å². The molecule has 0 N–H and O–H groups in total. The molecule has 0 bridgehead atoms. The fourth-order valence-electron chi connectivity index (χ4n) is 2.60. The smallest absolute Gasteiger partial charge is 0.223 e. The van der Waals surface area contributed by atoms with Crippen molar-refractivity contribution in [3.63, 3.8) is 0 Å². The average Bonchev–Trinajstić information content (AvgIpc) is 2.84. The molecular formula is C13H23N3O4S. The Morgan fingerprint density at radius 2 is 2.29 bits per heavy atom. The van der Waals surface area contributed by atoms with Gasteiger partial charge < -0.3 is 9.26 Å². The van der Waals surface area contributed by atoms with Crippen LogP contribution in [0.4, 0.5) is 0 Å². The van der Waals surface area contributed by atoms with Gasteiger partial charge in [-0.15, -0.1) is 0 Å². The summed E-state index contributed by atoms with van der Waals surface area (Å²) in [4.78, 5) is 4.19. The summed E-state index contributed by atoms with van der Waals surface area (Å²) in [5.41, 5.74) is 0. The van der Waals surface area contributed by atoms with Gasteiger partial charge in [0.05, 0.1) is 11.9 Å². The molecule has 0 aliphatic carbocycles. The lowest BCUT2D eigenvalue weighted by atomic mass is 9.96. The molecule has 2 atom stereocenters. The van der Waals surface area contributed by atoms with E-state index in [1.54, 1.807) is 18.2 Å². The Balaban J connectivity index is 1.96. The molecule has 2 rings (SSSR count). The number of piperidine rings is 1. The Morgan fingerprint density at radius 1 is 1.52 bits per heavy atom. The first-order valence-corrected chi connectivity index (χ1v) is 8.81. The van der Waals surface area contributed by atoms with Gasteiger partial charge in [-0.05, 0) is 25.7 Å². The van der Waals surface area contributed by atoms with Gasteiger partial charge in [-0.1, -0.05) is 5.16 Å². The van der Waals surface area contributed by atoms with Crippen molar-refractivity contribution in [2.45, 2.75) is 39.2 Å². The quantitative estimate of drug-likeness (QED) is 0.778. The van der Waals surface area contributed by atoms with E-state index in [1.165, 1.54) is 7.11 Å². The number of nitrogens with zero attached hydrogens (tertiary/aromatic N) is 3. The highest BCUT2D eigenvalue weighted by Crippen LogP contribution is 2.22. The molecule has 120 valence electrons. The van der Waals surface area contributed by atoms with Gasteiger partial charge >= 0.3 is 0 Å². The summed E-state index contributed by atoms with van der Waals surface area (Å²) in [6.07, 6.45) is 2.21. The van der Waals surface area contributed by atoms with Crippen LogP contribution < -0.4 is 0 Å². The minimum absolute atomic E-state index is 0.0253. The van der Waals surface area contributed by atoms with Crippen molar-refractivity contribution in [3.8, 4) is 0 Å². The molecule has 0 spiro atoms. The third-order valence-corrected chi connectivity index (χ3v) is 5.77. The van der Waals surface area contributed by atoms with Crippen LogP contribution in [0.15, 0.2) is 4.52 Å². The molecule has 0 amide bonds. The molecule has 8 heteroatoms. The van der Waals surface area contributed by atoms with Gasteiger partial charge in [-0.2, -0.15) is 4.98 Å². The van der Waals surface area contributed by atoms with Crippen LogP contribution in [0.25, 0.3) is 0 Å². The van der Waals surface area contributed by atoms with Gasteiger partial charge in [-0.3, -0.25) is 0 Å². The number of aromatic nitrogens is 2. The fraction of sp³-hybridized carbons (Fsp3) is 0.846. The zero-order chi connectivity index (χ0) is 15.5. The molecule has 7 nitrogen and oxygen atoms in total. The van der Waals surface area contributed by atoms with Crippen LogP contribution in [-0.2, 0) is 21.2 Å². The maximum Gasteiger partial charge on any atom is 0.223 e. The Bertz CT molecular complexity index is 558. The maximum absolute atomic E-state index is 12.4. The summed E-state index contributed by atoms with van der Waals surface area (Å²) in [6, 6.07) is 0. The van der Waals surface area contributed by atoms with Crippen LogP contribution in [0.5, 0.6) is 0 Å². The lowest BCUT2D eigenvalue weighted by Crippen LogP contribution is -2.43. The number of methoxy groups -OCH3 is 1. The lowest BCUT2D eigenvalue weighted by Gasteiger charge is -2.32. The Labute approximate surface area is 125 Å². The number of ether oxygens (including phenoxy) is 1. The molecule has 1 aromatic heterocycles. The summed E-state index contributed by atoms with van der Waals surface area (Å²) < 4.78 is 36.3. The van der Waals surface area contributed by atoms with Gasteiger partial charge in [0.1, 0.15) is 0 Å². The van der Waals surface area contributed by atoms with Crippen LogP contribution in [0, 0.1) is 12.8 Å². The van der Waals surface area contributed by atoms with Crippen molar-refractivity contribution in [2.75, 3.05) is 26.0 Å². The Morgan fingerprint density at radius 3 is 2.90 bits per heavy atom. The summed E-state index contributed by atoms with van der Waals surface area (Å²) in [6.45, 7) is 4.62. The molecule has 0 aromatic carbocycles. The number of rotatable bonds is 6. The second kappa shape index (κ2) is 6.85. The first kappa shape index (κ1) is 16.4. The van der Waals surface area contributed by atoms with E-state index in [-0.39, 0.29) is 17.8 Å². The first-order chi connectivity index (χ1) is 9.90. The van der Waals surface area contributed by atoms with E-state index in [0.29, 0.717) is 31.2 Å². The third kappa shape index (κ3) is 4.49. The minimum Gasteiger partial charge on any atom is -0.381 e. The summed E-state index contributed by atoms with van der Waals surface area (Å²) in [5, 5.41) is 3.88.